The summed E-state index contributed by atoms with van der Waals surface area (Å²) in [6.07, 6.45) is 2.60. The highest BCUT2D eigenvalue weighted by Gasteiger charge is 2.41. The molecule has 0 radical (unpaired) electrons. The normalized spacial score (nSPS) is 16.9. The van der Waals surface area contributed by atoms with Crippen molar-refractivity contribution in [3.8, 4) is 11.3 Å². The van der Waals surface area contributed by atoms with Crippen molar-refractivity contribution in [1.82, 2.24) is 15.3 Å². The Hall–Kier alpha value is -1.80. The van der Waals surface area contributed by atoms with Gasteiger partial charge < -0.3 is 15.4 Å². The molecule has 1 aliphatic heterocycles. The van der Waals surface area contributed by atoms with Crippen molar-refractivity contribution >= 4 is 35.0 Å². The summed E-state index contributed by atoms with van der Waals surface area (Å²) in [6, 6.07) is 1.71. The highest BCUT2D eigenvalue weighted by Crippen LogP contribution is 2.28. The number of aryl methyl sites for hydroxylation is 1. The SMILES string of the molecule is Cc1nc(-c2c[nH]c(C(=O)NC3(C(=O)O)CCSCC3)c2)cs1. The molecule has 0 spiro atoms. The molecule has 0 saturated carbocycles. The van der Waals surface area contributed by atoms with Gasteiger partial charge in [-0.2, -0.15) is 11.8 Å². The Labute approximate surface area is 141 Å². The second-order valence-corrected chi connectivity index (χ2v) is 7.79. The van der Waals surface area contributed by atoms with E-state index in [9.17, 15) is 14.7 Å². The predicted octanol–water partition coefficient (Wildman–Crippen LogP) is 2.53. The van der Waals surface area contributed by atoms with Crippen molar-refractivity contribution < 1.29 is 14.7 Å². The highest BCUT2D eigenvalue weighted by molar-refractivity contribution is 7.99. The van der Waals surface area contributed by atoms with Crippen LogP contribution in [0.5, 0.6) is 0 Å². The number of rotatable bonds is 4. The summed E-state index contributed by atoms with van der Waals surface area (Å²) in [5.74, 6) is 0.118. The zero-order chi connectivity index (χ0) is 16.4. The molecule has 1 saturated heterocycles. The number of aromatic amines is 1. The Morgan fingerprint density at radius 1 is 1.39 bits per heavy atom. The lowest BCUT2D eigenvalue weighted by Gasteiger charge is -2.33. The molecular formula is C15H17N3O3S2. The van der Waals surface area contributed by atoms with Crippen LogP contribution < -0.4 is 5.32 Å². The van der Waals surface area contributed by atoms with Gasteiger partial charge in [0.05, 0.1) is 10.7 Å². The third-order valence-electron chi connectivity index (χ3n) is 3.95. The molecule has 23 heavy (non-hydrogen) atoms. The molecule has 8 heteroatoms. The maximum Gasteiger partial charge on any atom is 0.329 e. The first-order chi connectivity index (χ1) is 11.0. The van der Waals surface area contributed by atoms with Gasteiger partial charge in [-0.1, -0.05) is 0 Å². The molecule has 122 valence electrons. The zero-order valence-electron chi connectivity index (χ0n) is 12.6. The number of aliphatic carboxylic acids is 1. The number of carboxylic acids is 1. The number of thiazole rings is 1. The molecule has 0 aromatic carbocycles. The van der Waals surface area contributed by atoms with E-state index < -0.39 is 17.4 Å². The standard InChI is InChI=1S/C15H17N3O3S2/c1-9-17-12(8-23-9)10-6-11(16-7-10)13(19)18-15(14(20)21)2-4-22-5-3-15/h6-8,16H,2-5H2,1H3,(H,18,19)(H,20,21). The minimum Gasteiger partial charge on any atom is -0.480 e. The molecule has 0 unspecified atom stereocenters. The lowest BCUT2D eigenvalue weighted by atomic mass is 9.92. The smallest absolute Gasteiger partial charge is 0.329 e. The summed E-state index contributed by atoms with van der Waals surface area (Å²) in [5, 5.41) is 15.1. The van der Waals surface area contributed by atoms with Crippen LogP contribution in [0, 0.1) is 6.92 Å². The van der Waals surface area contributed by atoms with Crippen molar-refractivity contribution in [2.75, 3.05) is 11.5 Å². The molecule has 0 aliphatic carbocycles. The van der Waals surface area contributed by atoms with Gasteiger partial charge >= 0.3 is 5.97 Å². The average molecular weight is 351 g/mol. The number of carbonyl (C=O) groups is 2. The number of nitrogens with zero attached hydrogens (tertiary/aromatic N) is 1. The Balaban J connectivity index is 1.78. The number of carboxylic acid groups (broad SMARTS) is 1. The topological polar surface area (TPSA) is 95.1 Å². The van der Waals surface area contributed by atoms with Gasteiger partial charge in [-0.3, -0.25) is 4.79 Å². The van der Waals surface area contributed by atoms with Crippen molar-refractivity contribution in [3.63, 3.8) is 0 Å². The van der Waals surface area contributed by atoms with E-state index in [0.29, 0.717) is 18.5 Å². The van der Waals surface area contributed by atoms with Gasteiger partial charge in [-0.15, -0.1) is 11.3 Å². The lowest BCUT2D eigenvalue weighted by Crippen LogP contribution is -2.56. The third kappa shape index (κ3) is 3.28. The van der Waals surface area contributed by atoms with Crippen molar-refractivity contribution in [1.29, 1.82) is 0 Å². The third-order valence-corrected chi connectivity index (χ3v) is 5.71. The van der Waals surface area contributed by atoms with Crippen molar-refractivity contribution in [2.45, 2.75) is 25.3 Å². The molecule has 1 amide bonds. The number of H-pyrrole nitrogens is 1. The fraction of sp³-hybridized carbons (Fsp3) is 0.400. The van der Waals surface area contributed by atoms with Crippen LogP contribution >= 0.6 is 23.1 Å². The summed E-state index contributed by atoms with van der Waals surface area (Å²) < 4.78 is 0. The molecule has 2 aromatic rings. The van der Waals surface area contributed by atoms with Gasteiger partial charge in [0, 0.05) is 17.1 Å². The Bertz CT molecular complexity index is 732. The first kappa shape index (κ1) is 16.1. The molecule has 1 fully saturated rings. The number of carbonyl (C=O) groups excluding carboxylic acids is 1. The maximum absolute atomic E-state index is 12.4. The monoisotopic (exact) mass is 351 g/mol. The summed E-state index contributed by atoms with van der Waals surface area (Å²) in [7, 11) is 0. The van der Waals surface area contributed by atoms with E-state index in [4.69, 9.17) is 0 Å². The van der Waals surface area contributed by atoms with Gasteiger partial charge in [-0.25, -0.2) is 9.78 Å². The number of aromatic nitrogens is 2. The van der Waals surface area contributed by atoms with Crippen LogP contribution in [0.1, 0.15) is 28.3 Å². The fourth-order valence-electron chi connectivity index (χ4n) is 2.57. The van der Waals surface area contributed by atoms with Crippen LogP contribution in [0.3, 0.4) is 0 Å². The first-order valence-electron chi connectivity index (χ1n) is 7.25. The van der Waals surface area contributed by atoms with Gasteiger partial charge in [0.25, 0.3) is 5.91 Å². The van der Waals surface area contributed by atoms with E-state index in [0.717, 1.165) is 27.8 Å². The number of thioether (sulfide) groups is 1. The maximum atomic E-state index is 12.4. The van der Waals surface area contributed by atoms with Gasteiger partial charge in [-0.05, 0) is 37.3 Å². The first-order valence-corrected chi connectivity index (χ1v) is 9.28. The summed E-state index contributed by atoms with van der Waals surface area (Å²) in [5.41, 5.74) is 0.822. The Morgan fingerprint density at radius 3 is 2.74 bits per heavy atom. The molecule has 0 atom stereocenters. The molecule has 1 aliphatic rings. The molecule has 6 nitrogen and oxygen atoms in total. The highest BCUT2D eigenvalue weighted by atomic mass is 32.2. The van der Waals surface area contributed by atoms with Gasteiger partial charge in [0.15, 0.2) is 0 Å². The van der Waals surface area contributed by atoms with E-state index in [-0.39, 0.29) is 0 Å². The molecule has 3 rings (SSSR count). The second-order valence-electron chi connectivity index (χ2n) is 5.51. The van der Waals surface area contributed by atoms with Crippen molar-refractivity contribution in [2.24, 2.45) is 0 Å². The fourth-order valence-corrected chi connectivity index (χ4v) is 4.38. The Morgan fingerprint density at radius 2 is 2.13 bits per heavy atom. The van der Waals surface area contributed by atoms with Crippen LogP contribution in [0.4, 0.5) is 0 Å². The van der Waals surface area contributed by atoms with Crippen LogP contribution in [-0.2, 0) is 4.79 Å². The van der Waals surface area contributed by atoms with E-state index >= 15 is 0 Å². The largest absolute Gasteiger partial charge is 0.480 e. The summed E-state index contributed by atoms with van der Waals surface area (Å²) >= 11 is 3.25. The number of nitrogens with one attached hydrogen (secondary N) is 2. The number of amides is 1. The molecular weight excluding hydrogens is 334 g/mol. The van der Waals surface area contributed by atoms with Gasteiger partial charge in [0.2, 0.25) is 0 Å². The van der Waals surface area contributed by atoms with E-state index in [1.165, 1.54) is 0 Å². The molecule has 0 bridgehead atoms. The zero-order valence-corrected chi connectivity index (χ0v) is 14.2. The summed E-state index contributed by atoms with van der Waals surface area (Å²) in [6.45, 7) is 1.92. The van der Waals surface area contributed by atoms with E-state index in [1.807, 2.05) is 12.3 Å². The minimum atomic E-state index is -1.16. The average Bonchev–Trinajstić information content (AvgIpc) is 3.16. The molecule has 3 heterocycles. The van der Waals surface area contributed by atoms with Crippen LogP contribution in [-0.4, -0.2) is 44.0 Å². The van der Waals surface area contributed by atoms with E-state index in [1.54, 1.807) is 35.4 Å². The van der Waals surface area contributed by atoms with Crippen LogP contribution in [0.25, 0.3) is 11.3 Å². The second kappa shape index (κ2) is 6.37. The van der Waals surface area contributed by atoms with E-state index in [2.05, 4.69) is 15.3 Å². The van der Waals surface area contributed by atoms with Crippen molar-refractivity contribution in [3.05, 3.63) is 28.3 Å². The van der Waals surface area contributed by atoms with Crippen LogP contribution in [0.2, 0.25) is 0 Å². The Kier molecular flexibility index (Phi) is 4.45. The lowest BCUT2D eigenvalue weighted by molar-refractivity contribution is -0.144. The number of hydrogen-bond donors (Lipinski definition) is 3. The molecule has 3 N–H and O–H groups in total. The molecule has 2 aromatic heterocycles. The van der Waals surface area contributed by atoms with Gasteiger partial charge in [0.1, 0.15) is 11.2 Å². The summed E-state index contributed by atoms with van der Waals surface area (Å²) in [4.78, 5) is 31.4. The van der Waals surface area contributed by atoms with Crippen LogP contribution in [0.15, 0.2) is 17.6 Å². The minimum absolute atomic E-state index is 0.351. The quantitative estimate of drug-likeness (QED) is 0.787. The number of hydrogen-bond acceptors (Lipinski definition) is 5. The predicted molar refractivity (Wildman–Crippen MR) is 91.0 cm³/mol.